The van der Waals surface area contributed by atoms with Crippen molar-refractivity contribution in [3.63, 3.8) is 0 Å². The van der Waals surface area contributed by atoms with E-state index in [1.165, 1.54) is 9.70 Å². The maximum absolute atomic E-state index is 13.6. The third-order valence-corrected chi connectivity index (χ3v) is 6.78. The van der Waals surface area contributed by atoms with E-state index in [0.717, 1.165) is 18.4 Å². The van der Waals surface area contributed by atoms with Crippen LogP contribution in [0.1, 0.15) is 63.8 Å². The van der Waals surface area contributed by atoms with E-state index in [1.54, 1.807) is 27.9 Å². The minimum Gasteiger partial charge on any atom is -0.496 e. The normalized spacial score (nSPS) is 23.8. The number of cyclic esters (lactones) is 1. The molecule has 1 saturated heterocycles. The van der Waals surface area contributed by atoms with Gasteiger partial charge in [0.2, 0.25) is 5.91 Å². The van der Waals surface area contributed by atoms with Gasteiger partial charge in [-0.25, -0.2) is 9.59 Å². The number of nitrogens with zero attached hydrogens (tertiary/aromatic N) is 5. The van der Waals surface area contributed by atoms with Crippen molar-refractivity contribution in [2.24, 2.45) is 5.41 Å². The second-order valence-corrected chi connectivity index (χ2v) is 10.6. The Hall–Kier alpha value is -3.96. The number of benzene rings is 1. The highest BCUT2D eigenvalue weighted by molar-refractivity contribution is 5.90. The van der Waals surface area contributed by atoms with E-state index < -0.39 is 41.4 Å². The number of carbonyl (C=O) groups is 3. The van der Waals surface area contributed by atoms with Gasteiger partial charge in [0.05, 0.1) is 19.4 Å². The molecule has 0 saturated carbocycles. The van der Waals surface area contributed by atoms with Crippen molar-refractivity contribution in [2.75, 3.05) is 20.3 Å². The molecule has 6 bridgehead atoms. The van der Waals surface area contributed by atoms with E-state index >= 15 is 0 Å². The molecule has 3 heterocycles. The van der Waals surface area contributed by atoms with Gasteiger partial charge in [-0.15, -0.1) is 15.0 Å². The molecule has 1 aromatic heterocycles. The Kier molecular flexibility index (Phi) is 7.98. The number of amides is 2. The highest BCUT2D eigenvalue weighted by Gasteiger charge is 2.46. The van der Waals surface area contributed by atoms with Crippen molar-refractivity contribution in [1.82, 2.24) is 30.4 Å². The quantitative estimate of drug-likeness (QED) is 0.602. The molecule has 0 spiro atoms. The lowest BCUT2D eigenvalue weighted by Crippen LogP contribution is -2.56. The van der Waals surface area contributed by atoms with Crippen molar-refractivity contribution < 1.29 is 29.0 Å². The van der Waals surface area contributed by atoms with Crippen LogP contribution in [0.3, 0.4) is 0 Å². The molecule has 2 amide bonds. The molecule has 2 aliphatic heterocycles. The Morgan fingerprint density at radius 2 is 2.03 bits per heavy atom. The maximum Gasteiger partial charge on any atom is 0.407 e. The second-order valence-electron chi connectivity index (χ2n) is 10.6. The van der Waals surface area contributed by atoms with Crippen molar-refractivity contribution in [1.29, 1.82) is 0 Å². The molecule has 204 valence electrons. The first-order valence-electron chi connectivity index (χ1n) is 12.7. The Balaban J connectivity index is 1.70. The van der Waals surface area contributed by atoms with Gasteiger partial charge in [-0.1, -0.05) is 32.9 Å². The summed E-state index contributed by atoms with van der Waals surface area (Å²) in [4.78, 5) is 41.0. The molecule has 1 fully saturated rings. The fourth-order valence-electron chi connectivity index (χ4n) is 4.69. The number of hydrogen-bond donors (Lipinski definition) is 2. The number of methoxy groups -OCH3 is 1. The summed E-state index contributed by atoms with van der Waals surface area (Å²) in [6.07, 6.45) is 5.59. The van der Waals surface area contributed by atoms with Gasteiger partial charge in [0.25, 0.3) is 0 Å². The minimum atomic E-state index is -1.13. The van der Waals surface area contributed by atoms with Crippen LogP contribution in [0, 0.1) is 5.41 Å². The van der Waals surface area contributed by atoms with E-state index in [-0.39, 0.29) is 19.6 Å². The molecule has 1 aromatic carbocycles. The van der Waals surface area contributed by atoms with Crippen molar-refractivity contribution in [3.05, 3.63) is 35.7 Å². The lowest BCUT2D eigenvalue weighted by molar-refractivity contribution is -0.150. The number of aliphatic carboxylic acids is 1. The lowest BCUT2D eigenvalue weighted by Gasteiger charge is -2.34. The molecular weight excluding hydrogens is 492 g/mol. The molecule has 0 radical (unpaired) electrons. The molecule has 0 aliphatic carbocycles. The second kappa shape index (κ2) is 11.2. The molecular formula is C26H34N6O6. The summed E-state index contributed by atoms with van der Waals surface area (Å²) in [5, 5.41) is 25.5. The average Bonchev–Trinajstić information content (AvgIpc) is 3.53. The molecule has 12 heteroatoms. The number of carboxylic acids is 1. The molecule has 2 aromatic rings. The molecule has 4 rings (SSSR count). The van der Waals surface area contributed by atoms with Crippen LogP contribution in [0.5, 0.6) is 5.75 Å². The Labute approximate surface area is 221 Å². The van der Waals surface area contributed by atoms with Gasteiger partial charge in [0.1, 0.15) is 17.8 Å². The topological polar surface area (TPSA) is 149 Å². The fraction of sp³-hybridized carbons (Fsp3) is 0.538. The minimum absolute atomic E-state index is 0.0847. The molecule has 2 N–H and O–H groups in total. The molecule has 38 heavy (non-hydrogen) atoms. The highest BCUT2D eigenvalue weighted by atomic mass is 16.5. The first-order chi connectivity index (χ1) is 18.1. The summed E-state index contributed by atoms with van der Waals surface area (Å²) in [6, 6.07) is 3.44. The van der Waals surface area contributed by atoms with Gasteiger partial charge in [-0.2, -0.15) is 0 Å². The van der Waals surface area contributed by atoms with Gasteiger partial charge in [-0.05, 0) is 54.5 Å². The smallest absolute Gasteiger partial charge is 0.407 e. The van der Waals surface area contributed by atoms with E-state index in [1.807, 2.05) is 30.4 Å². The number of allylic oxidation sites excluding steroid dienone is 1. The Morgan fingerprint density at radius 3 is 2.74 bits per heavy atom. The van der Waals surface area contributed by atoms with Crippen molar-refractivity contribution >= 4 is 24.0 Å². The zero-order valence-electron chi connectivity index (χ0n) is 22.1. The fourth-order valence-corrected chi connectivity index (χ4v) is 4.69. The number of fused-ring (bicyclic) bond motifs is 8. The summed E-state index contributed by atoms with van der Waals surface area (Å²) in [7, 11) is 1.60. The van der Waals surface area contributed by atoms with E-state index in [2.05, 4.69) is 20.7 Å². The zero-order chi connectivity index (χ0) is 27.4. The number of carbonyl (C=O) groups excluding carboxylic acids is 2. The van der Waals surface area contributed by atoms with Crippen molar-refractivity contribution in [2.45, 2.75) is 64.5 Å². The molecule has 3 atom stereocenters. The number of carboxylic acid groups (broad SMARTS) is 1. The van der Waals surface area contributed by atoms with Crippen LogP contribution in [-0.4, -0.2) is 80.5 Å². The maximum atomic E-state index is 13.6. The number of aromatic nitrogens is 4. The van der Waals surface area contributed by atoms with Gasteiger partial charge >= 0.3 is 12.1 Å². The molecule has 0 unspecified atom stereocenters. The monoisotopic (exact) mass is 526 g/mol. The van der Waals surface area contributed by atoms with Gasteiger partial charge in [0, 0.05) is 18.0 Å². The average molecular weight is 527 g/mol. The third kappa shape index (κ3) is 5.95. The largest absolute Gasteiger partial charge is 0.496 e. The Morgan fingerprint density at radius 1 is 1.24 bits per heavy atom. The standard InChI is InChI=1S/C26H34N6O6/c1-26(2,3)21-23(33)31-15-17(14-19(31)24(34)35)22-28-30-32(29-22)18-10-11-20(37-4)16(13-18)9-7-5-6-8-12-38-25(36)27-21/h7,9-11,13,17,19,21H,5-6,8,12,14-15H2,1-4H3,(H,27,36)(H,34,35)/b9-7+/t17-,19+,21-/m1/s1. The Bertz CT molecular complexity index is 1220. The number of tetrazole rings is 1. The van der Waals surface area contributed by atoms with Crippen LogP contribution in [0.15, 0.2) is 24.3 Å². The van der Waals surface area contributed by atoms with Crippen molar-refractivity contribution in [3.8, 4) is 11.4 Å². The summed E-state index contributed by atoms with van der Waals surface area (Å²) in [6.45, 7) is 5.70. The first-order valence-corrected chi connectivity index (χ1v) is 12.7. The highest BCUT2D eigenvalue weighted by Crippen LogP contribution is 2.33. The summed E-state index contributed by atoms with van der Waals surface area (Å²) in [5.74, 6) is -1.03. The summed E-state index contributed by atoms with van der Waals surface area (Å²) in [5.41, 5.74) is 0.820. The first kappa shape index (κ1) is 27.1. The number of alkyl carbamates (subject to hydrolysis) is 1. The van der Waals surface area contributed by atoms with Crippen LogP contribution < -0.4 is 10.1 Å². The van der Waals surface area contributed by atoms with E-state index in [4.69, 9.17) is 9.47 Å². The number of nitrogens with one attached hydrogen (secondary N) is 1. The molecule has 2 aliphatic rings. The summed E-state index contributed by atoms with van der Waals surface area (Å²) >= 11 is 0. The third-order valence-electron chi connectivity index (χ3n) is 6.78. The van der Waals surface area contributed by atoms with E-state index in [9.17, 15) is 19.5 Å². The SMILES string of the molecule is COc1ccc2cc1/C=C/CCCCOC(=O)N[C@@H](C(C)(C)C)C(=O)N1C[C@@H](C[C@H]1C(=O)O)c1nnn-2n1. The predicted octanol–water partition coefficient (Wildman–Crippen LogP) is 2.78. The van der Waals surface area contributed by atoms with Gasteiger partial charge in [0.15, 0.2) is 5.82 Å². The van der Waals surface area contributed by atoms with Crippen LogP contribution in [0.4, 0.5) is 4.79 Å². The predicted molar refractivity (Wildman–Crippen MR) is 137 cm³/mol. The van der Waals surface area contributed by atoms with Crippen LogP contribution in [-0.2, 0) is 14.3 Å². The number of hydrogen-bond acceptors (Lipinski definition) is 8. The van der Waals surface area contributed by atoms with Gasteiger partial charge < -0.3 is 24.8 Å². The molecule has 12 nitrogen and oxygen atoms in total. The van der Waals surface area contributed by atoms with Crippen LogP contribution in [0.2, 0.25) is 0 Å². The van der Waals surface area contributed by atoms with Crippen LogP contribution in [0.25, 0.3) is 11.8 Å². The van der Waals surface area contributed by atoms with E-state index in [0.29, 0.717) is 23.7 Å². The lowest BCUT2D eigenvalue weighted by atomic mass is 9.85. The van der Waals surface area contributed by atoms with Gasteiger partial charge in [-0.3, -0.25) is 4.79 Å². The number of ether oxygens (including phenoxy) is 2. The number of rotatable bonds is 2. The van der Waals surface area contributed by atoms with Crippen LogP contribution >= 0.6 is 0 Å². The summed E-state index contributed by atoms with van der Waals surface area (Å²) < 4.78 is 10.8. The zero-order valence-corrected chi connectivity index (χ0v) is 22.1.